The predicted octanol–water partition coefficient (Wildman–Crippen LogP) is 3.25. The van der Waals surface area contributed by atoms with E-state index in [-0.39, 0.29) is 24.0 Å². The minimum atomic E-state index is 0. The Labute approximate surface area is 191 Å². The first kappa shape index (κ1) is 23.4. The fraction of sp³-hybridized carbons (Fsp3) is 0.455. The third-order valence-electron chi connectivity index (χ3n) is 5.15. The highest BCUT2D eigenvalue weighted by atomic mass is 127. The van der Waals surface area contributed by atoms with Crippen LogP contribution in [0.15, 0.2) is 53.7 Å². The number of aliphatic imine (C=N–C) groups is 1. The molecule has 1 aliphatic rings. The quantitative estimate of drug-likeness (QED) is 0.325. The summed E-state index contributed by atoms with van der Waals surface area (Å²) in [6, 6.07) is 14.7. The van der Waals surface area contributed by atoms with Crippen LogP contribution in [0.1, 0.15) is 30.1 Å². The number of hydrogen-bond acceptors (Lipinski definition) is 4. The summed E-state index contributed by atoms with van der Waals surface area (Å²) in [4.78, 5) is 11.3. The number of halogens is 1. The summed E-state index contributed by atoms with van der Waals surface area (Å²) in [6.45, 7) is 3.87. The first-order valence-corrected chi connectivity index (χ1v) is 10.0. The van der Waals surface area contributed by atoms with Gasteiger partial charge in [0.1, 0.15) is 5.75 Å². The number of benzene rings is 1. The third-order valence-corrected chi connectivity index (χ3v) is 5.15. The zero-order chi connectivity index (χ0) is 19.6. The number of pyridine rings is 1. The molecule has 1 atom stereocenters. The average molecular weight is 509 g/mol. The minimum absolute atomic E-state index is 0. The van der Waals surface area contributed by atoms with E-state index in [9.17, 15) is 0 Å². The molecule has 2 heterocycles. The maximum Gasteiger partial charge on any atom is 0.191 e. The molecular weight excluding hydrogens is 477 g/mol. The van der Waals surface area contributed by atoms with Gasteiger partial charge in [-0.25, -0.2) is 0 Å². The second kappa shape index (κ2) is 12.6. The molecule has 1 fully saturated rings. The Balaban J connectivity index is 0.00000300. The van der Waals surface area contributed by atoms with Crippen molar-refractivity contribution in [1.29, 1.82) is 0 Å². The summed E-state index contributed by atoms with van der Waals surface area (Å²) >= 11 is 0. The van der Waals surface area contributed by atoms with E-state index >= 15 is 0 Å². The van der Waals surface area contributed by atoms with Gasteiger partial charge in [0.25, 0.3) is 0 Å². The van der Waals surface area contributed by atoms with E-state index in [2.05, 4.69) is 43.7 Å². The molecular formula is C22H32IN5O. The van der Waals surface area contributed by atoms with Gasteiger partial charge in [-0.3, -0.25) is 14.9 Å². The minimum Gasteiger partial charge on any atom is -0.497 e. The van der Waals surface area contributed by atoms with Crippen molar-refractivity contribution in [3.8, 4) is 5.75 Å². The fourth-order valence-corrected chi connectivity index (χ4v) is 3.63. The summed E-state index contributed by atoms with van der Waals surface area (Å²) in [5.41, 5.74) is 2.36. The second-order valence-corrected chi connectivity index (χ2v) is 6.99. The van der Waals surface area contributed by atoms with Crippen LogP contribution in [0.2, 0.25) is 0 Å². The average Bonchev–Trinajstić information content (AvgIpc) is 3.28. The molecule has 1 unspecified atom stereocenters. The van der Waals surface area contributed by atoms with Gasteiger partial charge in [-0.15, -0.1) is 24.0 Å². The van der Waals surface area contributed by atoms with Crippen LogP contribution >= 0.6 is 24.0 Å². The largest absolute Gasteiger partial charge is 0.497 e. The molecule has 158 valence electrons. The molecule has 0 saturated carbocycles. The molecule has 0 aliphatic carbocycles. The van der Waals surface area contributed by atoms with E-state index in [1.54, 1.807) is 7.11 Å². The van der Waals surface area contributed by atoms with E-state index in [1.165, 1.54) is 18.4 Å². The van der Waals surface area contributed by atoms with Gasteiger partial charge in [0.05, 0.1) is 13.2 Å². The molecule has 1 saturated heterocycles. The topological polar surface area (TPSA) is 61.8 Å². The summed E-state index contributed by atoms with van der Waals surface area (Å²) in [6.07, 6.45) is 5.22. The Kier molecular flexibility index (Phi) is 10.2. The van der Waals surface area contributed by atoms with E-state index < -0.39 is 0 Å². The monoisotopic (exact) mass is 509 g/mol. The van der Waals surface area contributed by atoms with Crippen LogP contribution in [-0.2, 0) is 6.42 Å². The second-order valence-electron chi connectivity index (χ2n) is 6.99. The number of aromatic nitrogens is 1. The lowest BCUT2D eigenvalue weighted by atomic mass is 10.1. The van der Waals surface area contributed by atoms with Gasteiger partial charge in [0.15, 0.2) is 5.96 Å². The highest BCUT2D eigenvalue weighted by molar-refractivity contribution is 14.0. The van der Waals surface area contributed by atoms with Crippen molar-refractivity contribution >= 4 is 29.9 Å². The lowest BCUT2D eigenvalue weighted by Crippen LogP contribution is -2.43. The van der Waals surface area contributed by atoms with Crippen LogP contribution in [0.25, 0.3) is 0 Å². The van der Waals surface area contributed by atoms with Crippen molar-refractivity contribution in [2.24, 2.45) is 4.99 Å². The molecule has 2 N–H and O–H groups in total. The van der Waals surface area contributed by atoms with Gasteiger partial charge >= 0.3 is 0 Å². The van der Waals surface area contributed by atoms with E-state index in [4.69, 9.17) is 4.74 Å². The van der Waals surface area contributed by atoms with Crippen molar-refractivity contribution in [3.05, 3.63) is 59.9 Å². The number of nitrogens with one attached hydrogen (secondary N) is 2. The zero-order valence-corrected chi connectivity index (χ0v) is 19.6. The van der Waals surface area contributed by atoms with Crippen LogP contribution in [0, 0.1) is 0 Å². The molecule has 0 amide bonds. The van der Waals surface area contributed by atoms with E-state index in [0.717, 1.165) is 50.0 Å². The van der Waals surface area contributed by atoms with Crippen molar-refractivity contribution in [3.63, 3.8) is 0 Å². The van der Waals surface area contributed by atoms with Gasteiger partial charge in [0, 0.05) is 38.4 Å². The van der Waals surface area contributed by atoms with Crippen molar-refractivity contribution < 1.29 is 4.74 Å². The Bertz CT molecular complexity index is 750. The summed E-state index contributed by atoms with van der Waals surface area (Å²) in [5, 5.41) is 6.90. The van der Waals surface area contributed by atoms with E-state index in [1.807, 2.05) is 37.5 Å². The molecule has 3 rings (SSSR count). The maximum atomic E-state index is 5.43. The Morgan fingerprint density at radius 1 is 1.17 bits per heavy atom. The molecule has 0 bridgehead atoms. The van der Waals surface area contributed by atoms with Crippen molar-refractivity contribution in [1.82, 2.24) is 20.5 Å². The normalized spacial score (nSPS) is 15.4. The summed E-state index contributed by atoms with van der Waals surface area (Å²) < 4.78 is 5.43. The lowest BCUT2D eigenvalue weighted by Gasteiger charge is -2.29. The fourth-order valence-electron chi connectivity index (χ4n) is 3.63. The summed E-state index contributed by atoms with van der Waals surface area (Å²) in [5.74, 6) is 1.72. The molecule has 1 aromatic carbocycles. The van der Waals surface area contributed by atoms with Gasteiger partial charge in [-0.05, 0) is 55.8 Å². The molecule has 6 nitrogen and oxygen atoms in total. The Morgan fingerprint density at radius 3 is 2.69 bits per heavy atom. The first-order chi connectivity index (χ1) is 13.8. The SMILES string of the molecule is CN=C(NCCc1ccccn1)NCC(c1cccc(OC)c1)N1CCCC1.I. The third kappa shape index (κ3) is 7.15. The number of methoxy groups -OCH3 is 1. The molecule has 0 spiro atoms. The lowest BCUT2D eigenvalue weighted by molar-refractivity contribution is 0.245. The van der Waals surface area contributed by atoms with Gasteiger partial charge in [-0.2, -0.15) is 0 Å². The number of nitrogens with zero attached hydrogens (tertiary/aromatic N) is 3. The van der Waals surface area contributed by atoms with Crippen molar-refractivity contribution in [2.75, 3.05) is 40.3 Å². The standard InChI is InChI=1S/C22H31N5O.HI/c1-23-22(25-13-11-19-9-3-4-12-24-19)26-17-21(27-14-5-6-15-27)18-8-7-10-20(16-18)28-2;/h3-4,7-10,12,16,21H,5-6,11,13-15,17H2,1-2H3,(H2,23,25,26);1H. The molecule has 1 aliphatic heterocycles. The highest BCUT2D eigenvalue weighted by Crippen LogP contribution is 2.27. The molecule has 7 heteroatoms. The van der Waals surface area contributed by atoms with Crippen molar-refractivity contribution in [2.45, 2.75) is 25.3 Å². The van der Waals surface area contributed by atoms with Crippen LogP contribution in [0.5, 0.6) is 5.75 Å². The molecule has 29 heavy (non-hydrogen) atoms. The highest BCUT2D eigenvalue weighted by Gasteiger charge is 2.24. The maximum absolute atomic E-state index is 5.43. The summed E-state index contributed by atoms with van der Waals surface area (Å²) in [7, 11) is 3.53. The Morgan fingerprint density at radius 2 is 2.00 bits per heavy atom. The number of ether oxygens (including phenoxy) is 1. The van der Waals surface area contributed by atoms with Crippen LogP contribution in [-0.4, -0.2) is 56.2 Å². The number of likely N-dealkylation sites (tertiary alicyclic amines) is 1. The number of rotatable bonds is 8. The number of hydrogen-bond donors (Lipinski definition) is 2. The van der Waals surface area contributed by atoms with E-state index in [0.29, 0.717) is 6.04 Å². The first-order valence-electron chi connectivity index (χ1n) is 10.0. The van der Waals surface area contributed by atoms with Gasteiger partial charge < -0.3 is 15.4 Å². The van der Waals surface area contributed by atoms with Crippen LogP contribution < -0.4 is 15.4 Å². The van der Waals surface area contributed by atoms with Crippen LogP contribution in [0.3, 0.4) is 0 Å². The van der Waals surface area contributed by atoms with Crippen LogP contribution in [0.4, 0.5) is 0 Å². The molecule has 2 aromatic rings. The Hall–Kier alpha value is -1.87. The smallest absolute Gasteiger partial charge is 0.191 e. The van der Waals surface area contributed by atoms with Gasteiger partial charge in [0.2, 0.25) is 0 Å². The number of guanidine groups is 1. The molecule has 0 radical (unpaired) electrons. The molecule has 1 aromatic heterocycles. The van der Waals surface area contributed by atoms with Gasteiger partial charge in [-0.1, -0.05) is 18.2 Å². The predicted molar refractivity (Wildman–Crippen MR) is 129 cm³/mol. The zero-order valence-electron chi connectivity index (χ0n) is 17.3.